The van der Waals surface area contributed by atoms with E-state index in [4.69, 9.17) is 0 Å². The number of hydrogen-bond acceptors (Lipinski definition) is 2. The fourth-order valence-electron chi connectivity index (χ4n) is 2.11. The van der Waals surface area contributed by atoms with E-state index in [1.807, 2.05) is 14.0 Å². The van der Waals surface area contributed by atoms with Crippen LogP contribution in [0.25, 0.3) is 0 Å². The lowest BCUT2D eigenvalue weighted by Gasteiger charge is -2.16. The maximum atomic E-state index is 12.7. The lowest BCUT2D eigenvalue weighted by Crippen LogP contribution is -2.18. The lowest BCUT2D eigenvalue weighted by molar-refractivity contribution is -0.137. The van der Waals surface area contributed by atoms with Crippen LogP contribution in [0.2, 0.25) is 0 Å². The summed E-state index contributed by atoms with van der Waals surface area (Å²) >= 11 is 5.09. The van der Waals surface area contributed by atoms with Crippen molar-refractivity contribution in [3.8, 4) is 0 Å². The summed E-state index contributed by atoms with van der Waals surface area (Å²) in [4.78, 5) is 1.11. The van der Waals surface area contributed by atoms with Crippen molar-refractivity contribution in [2.75, 3.05) is 7.05 Å². The molecule has 1 aromatic heterocycles. The van der Waals surface area contributed by atoms with E-state index in [0.717, 1.165) is 20.3 Å². The van der Waals surface area contributed by atoms with Crippen molar-refractivity contribution in [3.63, 3.8) is 0 Å². The van der Waals surface area contributed by atoms with E-state index >= 15 is 0 Å². The number of aryl methyl sites for hydroxylation is 1. The molecule has 0 aliphatic carbocycles. The second-order valence-electron chi connectivity index (χ2n) is 4.85. The van der Waals surface area contributed by atoms with Gasteiger partial charge in [0.1, 0.15) is 0 Å². The molecule has 6 heteroatoms. The van der Waals surface area contributed by atoms with Gasteiger partial charge in [0.05, 0.1) is 9.35 Å². The Balaban J connectivity index is 2.23. The van der Waals surface area contributed by atoms with E-state index in [-0.39, 0.29) is 6.04 Å². The second-order valence-corrected chi connectivity index (χ2v) is 7.25. The number of alkyl halides is 3. The van der Waals surface area contributed by atoms with E-state index in [1.54, 1.807) is 17.4 Å². The summed E-state index contributed by atoms with van der Waals surface area (Å²) in [5, 5.41) is 3.17. The molecule has 0 fully saturated rings. The Morgan fingerprint density at radius 3 is 2.52 bits per heavy atom. The molecule has 1 unspecified atom stereocenters. The average molecular weight is 378 g/mol. The zero-order valence-electron chi connectivity index (χ0n) is 11.6. The number of hydrogen-bond donors (Lipinski definition) is 1. The zero-order valence-corrected chi connectivity index (χ0v) is 14.0. The highest BCUT2D eigenvalue weighted by Gasteiger charge is 2.30. The molecule has 0 amide bonds. The van der Waals surface area contributed by atoms with Gasteiger partial charge >= 0.3 is 6.18 Å². The first-order valence-corrected chi connectivity index (χ1v) is 8.01. The molecule has 1 atom stereocenters. The summed E-state index contributed by atoms with van der Waals surface area (Å²) in [6.07, 6.45) is -3.78. The van der Waals surface area contributed by atoms with Crippen molar-refractivity contribution in [2.45, 2.75) is 25.6 Å². The smallest absolute Gasteiger partial charge is 0.312 e. The molecule has 0 spiro atoms. The average Bonchev–Trinajstić information content (AvgIpc) is 2.75. The van der Waals surface area contributed by atoms with Gasteiger partial charge < -0.3 is 5.32 Å². The van der Waals surface area contributed by atoms with Gasteiger partial charge in [-0.15, -0.1) is 11.3 Å². The van der Waals surface area contributed by atoms with Crippen molar-refractivity contribution < 1.29 is 13.2 Å². The number of halogens is 4. The van der Waals surface area contributed by atoms with Crippen LogP contribution in [-0.2, 0) is 12.6 Å². The molecule has 0 radical (unpaired) electrons. The molecule has 0 bridgehead atoms. The summed E-state index contributed by atoms with van der Waals surface area (Å²) in [5.74, 6) is 0. The van der Waals surface area contributed by atoms with Crippen LogP contribution in [0.15, 0.2) is 34.1 Å². The predicted molar refractivity (Wildman–Crippen MR) is 83.7 cm³/mol. The van der Waals surface area contributed by atoms with Crippen LogP contribution in [0.1, 0.15) is 27.6 Å². The van der Waals surface area contributed by atoms with E-state index < -0.39 is 11.7 Å². The molecule has 0 saturated carbocycles. The van der Waals surface area contributed by atoms with Crippen molar-refractivity contribution in [1.82, 2.24) is 5.32 Å². The third-order valence-corrected chi connectivity index (χ3v) is 5.51. The van der Waals surface area contributed by atoms with Crippen LogP contribution in [0.4, 0.5) is 13.2 Å². The van der Waals surface area contributed by atoms with Gasteiger partial charge in [-0.05, 0) is 59.6 Å². The molecule has 1 heterocycles. The molecule has 1 nitrogen and oxygen atoms in total. The lowest BCUT2D eigenvalue weighted by atomic mass is 10.0. The first kappa shape index (κ1) is 16.5. The largest absolute Gasteiger partial charge is 0.416 e. The molecule has 0 aliphatic rings. The maximum Gasteiger partial charge on any atom is 0.416 e. The molecule has 0 aliphatic heterocycles. The molecular weight excluding hydrogens is 363 g/mol. The summed E-state index contributed by atoms with van der Waals surface area (Å²) in [6, 6.07) is 7.58. The van der Waals surface area contributed by atoms with E-state index in [1.165, 1.54) is 12.1 Å². The Labute approximate surface area is 134 Å². The second kappa shape index (κ2) is 6.50. The summed E-state index contributed by atoms with van der Waals surface area (Å²) < 4.78 is 39.3. The van der Waals surface area contributed by atoms with Crippen LogP contribution in [0.3, 0.4) is 0 Å². The molecule has 21 heavy (non-hydrogen) atoms. The topological polar surface area (TPSA) is 12.0 Å². The Morgan fingerprint density at radius 2 is 2.00 bits per heavy atom. The van der Waals surface area contributed by atoms with Gasteiger partial charge in [0.15, 0.2) is 0 Å². The minimum absolute atomic E-state index is 0.00323. The van der Waals surface area contributed by atoms with Gasteiger partial charge in [-0.3, -0.25) is 0 Å². The van der Waals surface area contributed by atoms with Crippen molar-refractivity contribution in [3.05, 3.63) is 55.7 Å². The standard InChI is InChI=1S/C15H15BrF3NS/c1-9-6-13(21-14(9)16)12(20-2)8-10-4-3-5-11(7-10)15(17,18)19/h3-7,12,20H,8H2,1-2H3. The van der Waals surface area contributed by atoms with Gasteiger partial charge in [-0.1, -0.05) is 18.2 Å². The van der Waals surface area contributed by atoms with Crippen LogP contribution < -0.4 is 5.32 Å². The van der Waals surface area contributed by atoms with E-state index in [0.29, 0.717) is 12.0 Å². The third kappa shape index (κ3) is 4.08. The van der Waals surface area contributed by atoms with Gasteiger partial charge in [0.25, 0.3) is 0 Å². The quantitative estimate of drug-likeness (QED) is 0.757. The van der Waals surface area contributed by atoms with Crippen LogP contribution in [-0.4, -0.2) is 7.05 Å². The summed E-state index contributed by atoms with van der Waals surface area (Å²) in [6.45, 7) is 2.00. The molecule has 114 valence electrons. The van der Waals surface area contributed by atoms with Crippen molar-refractivity contribution in [2.24, 2.45) is 0 Å². The number of benzene rings is 1. The molecule has 0 saturated heterocycles. The van der Waals surface area contributed by atoms with E-state index in [2.05, 4.69) is 27.3 Å². The van der Waals surface area contributed by atoms with Crippen molar-refractivity contribution >= 4 is 27.3 Å². The van der Waals surface area contributed by atoms with Gasteiger partial charge in [-0.25, -0.2) is 0 Å². The molecular formula is C15H15BrF3NS. The SMILES string of the molecule is CNC(Cc1cccc(C(F)(F)F)c1)c1cc(C)c(Br)s1. The van der Waals surface area contributed by atoms with Gasteiger partial charge in [-0.2, -0.15) is 13.2 Å². The normalized spacial score (nSPS) is 13.4. The van der Waals surface area contributed by atoms with Crippen LogP contribution in [0, 0.1) is 6.92 Å². The number of nitrogens with one attached hydrogen (secondary N) is 1. The highest BCUT2D eigenvalue weighted by atomic mass is 79.9. The Bertz CT molecular complexity index is 602. The zero-order chi connectivity index (χ0) is 15.6. The van der Waals surface area contributed by atoms with Crippen LogP contribution >= 0.6 is 27.3 Å². The fraction of sp³-hybridized carbons (Fsp3) is 0.333. The van der Waals surface area contributed by atoms with Crippen LogP contribution in [0.5, 0.6) is 0 Å². The third-order valence-electron chi connectivity index (χ3n) is 3.26. The number of thiophene rings is 1. The molecule has 2 rings (SSSR count). The van der Waals surface area contributed by atoms with Gasteiger partial charge in [0, 0.05) is 10.9 Å². The first-order valence-electron chi connectivity index (χ1n) is 6.40. The van der Waals surface area contributed by atoms with Gasteiger partial charge in [0.2, 0.25) is 0 Å². The number of likely N-dealkylation sites (N-methyl/N-ethyl adjacent to an activating group) is 1. The summed E-state index contributed by atoms with van der Waals surface area (Å²) in [7, 11) is 1.82. The van der Waals surface area contributed by atoms with E-state index in [9.17, 15) is 13.2 Å². The molecule has 2 aromatic rings. The Hall–Kier alpha value is -0.850. The Morgan fingerprint density at radius 1 is 1.29 bits per heavy atom. The highest BCUT2D eigenvalue weighted by molar-refractivity contribution is 9.11. The fourth-order valence-corrected chi connectivity index (χ4v) is 3.79. The highest BCUT2D eigenvalue weighted by Crippen LogP contribution is 2.34. The number of rotatable bonds is 4. The van der Waals surface area contributed by atoms with Crippen molar-refractivity contribution in [1.29, 1.82) is 0 Å². The minimum Gasteiger partial charge on any atom is -0.312 e. The summed E-state index contributed by atoms with van der Waals surface area (Å²) in [5.41, 5.74) is 1.21. The molecule has 1 N–H and O–H groups in total. The first-order chi connectivity index (χ1) is 9.81. The monoisotopic (exact) mass is 377 g/mol. The predicted octanol–water partition coefficient (Wildman–Crippen LogP) is 5.34. The minimum atomic E-state index is -4.30. The Kier molecular flexibility index (Phi) is 5.11. The molecule has 1 aromatic carbocycles. The maximum absolute atomic E-state index is 12.7.